The SMILES string of the molecule is O=C(O)[O][Fe]. The Bertz CT molecular complexity index is 42.2. The molecule has 0 fully saturated rings. The summed E-state index contributed by atoms with van der Waals surface area (Å²) in [6.45, 7) is 0. The summed E-state index contributed by atoms with van der Waals surface area (Å²) >= 11 is 2.59. The number of hydrogen-bond acceptors (Lipinski definition) is 2. The fourth-order valence-electron chi connectivity index (χ4n) is 0. The molecule has 0 saturated carbocycles. The van der Waals surface area contributed by atoms with Gasteiger partial charge in [0.1, 0.15) is 0 Å². The van der Waals surface area contributed by atoms with Gasteiger partial charge >= 0.3 is 36.2 Å². The van der Waals surface area contributed by atoms with Gasteiger partial charge in [0.05, 0.1) is 0 Å². The van der Waals surface area contributed by atoms with Crippen LogP contribution < -0.4 is 0 Å². The normalized spacial score (nSPS) is 6.60. The van der Waals surface area contributed by atoms with Crippen LogP contribution in [0.15, 0.2) is 0 Å². The summed E-state index contributed by atoms with van der Waals surface area (Å²) in [5, 5.41) is 7.44. The average Bonchev–Trinajstić information content (AvgIpc) is 1.38. The van der Waals surface area contributed by atoms with E-state index in [0.29, 0.717) is 0 Å². The molecule has 0 unspecified atom stereocenters. The van der Waals surface area contributed by atoms with E-state index < -0.39 is 6.16 Å². The van der Waals surface area contributed by atoms with Crippen molar-refractivity contribution in [2.24, 2.45) is 0 Å². The quantitative estimate of drug-likeness (QED) is 0.459. The van der Waals surface area contributed by atoms with Crippen molar-refractivity contribution in [3.05, 3.63) is 0 Å². The monoisotopic (exact) mass is 117 g/mol. The van der Waals surface area contributed by atoms with Crippen LogP contribution >= 0.6 is 0 Å². The van der Waals surface area contributed by atoms with Crippen LogP contribution in [0.1, 0.15) is 0 Å². The van der Waals surface area contributed by atoms with Gasteiger partial charge in [0.25, 0.3) is 0 Å². The summed E-state index contributed by atoms with van der Waals surface area (Å²) in [4.78, 5) is 9.08. The Morgan fingerprint density at radius 1 is 2.00 bits per heavy atom. The Morgan fingerprint density at radius 3 is 2.20 bits per heavy atom. The molecule has 0 aliphatic carbocycles. The van der Waals surface area contributed by atoms with E-state index in [-0.39, 0.29) is 0 Å². The molecule has 0 bridgehead atoms. The fraction of sp³-hybridized carbons (Fsp3) is 0. The van der Waals surface area contributed by atoms with Gasteiger partial charge in [-0.25, -0.2) is 0 Å². The zero-order valence-electron chi connectivity index (χ0n) is 2.12. The summed E-state index contributed by atoms with van der Waals surface area (Å²) in [7, 11) is 0. The van der Waals surface area contributed by atoms with E-state index >= 15 is 0 Å². The third-order valence-corrected chi connectivity index (χ3v) is 0.255. The summed E-state index contributed by atoms with van der Waals surface area (Å²) in [5.74, 6) is 0. The second-order valence-corrected chi connectivity index (χ2v) is 0.563. The molecular formula is CHFeO3. The van der Waals surface area contributed by atoms with Crippen LogP contribution in [-0.4, -0.2) is 11.3 Å². The van der Waals surface area contributed by atoms with Gasteiger partial charge < -0.3 is 0 Å². The van der Waals surface area contributed by atoms with Crippen molar-refractivity contribution in [2.45, 2.75) is 0 Å². The van der Waals surface area contributed by atoms with Gasteiger partial charge in [-0.05, 0) is 0 Å². The van der Waals surface area contributed by atoms with Crippen LogP contribution in [0, 0.1) is 0 Å². The van der Waals surface area contributed by atoms with Crippen LogP contribution in [0.25, 0.3) is 0 Å². The standard InChI is InChI=1S/CH2O3.Fe/c2-1(3)4;/h(H2,2,3,4);/q;+1/p-1. The van der Waals surface area contributed by atoms with Crippen molar-refractivity contribution in [3.63, 3.8) is 0 Å². The fourth-order valence-corrected chi connectivity index (χ4v) is 0. The second-order valence-electron chi connectivity index (χ2n) is 0.338. The van der Waals surface area contributed by atoms with E-state index in [2.05, 4.69) is 20.2 Å². The first-order valence-electron chi connectivity index (χ1n) is 0.776. The maximum absolute atomic E-state index is 9.08. The predicted molar refractivity (Wildman–Crippen MR) is 9.11 cm³/mol. The molecule has 0 radical (unpaired) electrons. The van der Waals surface area contributed by atoms with E-state index in [9.17, 15) is 0 Å². The molecule has 3 nitrogen and oxygen atoms in total. The van der Waals surface area contributed by atoms with E-state index in [1.807, 2.05) is 0 Å². The number of rotatable bonds is 0. The van der Waals surface area contributed by atoms with Gasteiger partial charge in [0, 0.05) is 0 Å². The second kappa shape index (κ2) is 2.05. The zero-order valence-corrected chi connectivity index (χ0v) is 3.22. The Labute approximate surface area is 37.1 Å². The summed E-state index contributed by atoms with van der Waals surface area (Å²) in [6, 6.07) is 0. The van der Waals surface area contributed by atoms with Crippen molar-refractivity contribution in [3.8, 4) is 0 Å². The van der Waals surface area contributed by atoms with E-state index in [1.54, 1.807) is 0 Å². The van der Waals surface area contributed by atoms with Crippen LogP contribution in [0.5, 0.6) is 0 Å². The molecule has 0 atom stereocenters. The molecule has 0 aromatic carbocycles. The molecule has 5 heavy (non-hydrogen) atoms. The Morgan fingerprint density at radius 2 is 2.20 bits per heavy atom. The van der Waals surface area contributed by atoms with Gasteiger partial charge in [-0.1, -0.05) is 0 Å². The van der Waals surface area contributed by atoms with Crippen LogP contribution in [-0.2, 0) is 20.2 Å². The summed E-state index contributed by atoms with van der Waals surface area (Å²) < 4.78 is 3.42. The first-order valence-corrected chi connectivity index (χ1v) is 1.23. The average molecular weight is 117 g/mol. The molecule has 0 saturated heterocycles. The number of carboxylic acid groups (broad SMARTS) is 1. The molecule has 0 amide bonds. The Balaban J connectivity index is 2.85. The molecule has 0 aliphatic rings. The molecular weight excluding hydrogens is 116 g/mol. The first kappa shape index (κ1) is 4.79. The van der Waals surface area contributed by atoms with E-state index in [0.717, 1.165) is 0 Å². The topological polar surface area (TPSA) is 46.5 Å². The van der Waals surface area contributed by atoms with Gasteiger partial charge in [-0.15, -0.1) is 0 Å². The van der Waals surface area contributed by atoms with Crippen molar-refractivity contribution < 1.29 is 30.1 Å². The molecule has 4 heteroatoms. The van der Waals surface area contributed by atoms with E-state index in [4.69, 9.17) is 9.90 Å². The minimum atomic E-state index is -1.36. The van der Waals surface area contributed by atoms with Crippen LogP contribution in [0.4, 0.5) is 4.79 Å². The van der Waals surface area contributed by atoms with Gasteiger partial charge in [-0.2, -0.15) is 0 Å². The molecule has 0 rings (SSSR count). The molecule has 0 aromatic heterocycles. The van der Waals surface area contributed by atoms with Crippen LogP contribution in [0.3, 0.4) is 0 Å². The number of hydrogen-bond donors (Lipinski definition) is 1. The van der Waals surface area contributed by atoms with Crippen molar-refractivity contribution in [1.29, 1.82) is 0 Å². The minimum absolute atomic E-state index is 1.36. The first-order chi connectivity index (χ1) is 2.27. The van der Waals surface area contributed by atoms with Gasteiger partial charge in [0.15, 0.2) is 0 Å². The van der Waals surface area contributed by atoms with Crippen molar-refractivity contribution in [1.82, 2.24) is 0 Å². The summed E-state index contributed by atoms with van der Waals surface area (Å²) in [6.07, 6.45) is -1.36. The molecule has 0 aliphatic heterocycles. The molecule has 31 valence electrons. The Hall–Kier alpha value is -0.211. The van der Waals surface area contributed by atoms with Crippen molar-refractivity contribution >= 4 is 6.16 Å². The molecule has 0 spiro atoms. The number of carbonyl (C=O) groups is 1. The van der Waals surface area contributed by atoms with Gasteiger partial charge in [0.2, 0.25) is 0 Å². The third-order valence-electron chi connectivity index (χ3n) is 0.0617. The molecule has 0 heterocycles. The molecule has 1 N–H and O–H groups in total. The predicted octanol–water partition coefficient (Wildman–Crippen LogP) is 0.143. The van der Waals surface area contributed by atoms with E-state index in [1.165, 1.54) is 0 Å². The Kier molecular flexibility index (Phi) is 1.97. The zero-order chi connectivity index (χ0) is 4.28. The van der Waals surface area contributed by atoms with Crippen LogP contribution in [0.2, 0.25) is 0 Å². The van der Waals surface area contributed by atoms with Crippen molar-refractivity contribution in [2.75, 3.05) is 0 Å². The summed E-state index contributed by atoms with van der Waals surface area (Å²) in [5.41, 5.74) is 0. The van der Waals surface area contributed by atoms with Gasteiger partial charge in [-0.3, -0.25) is 0 Å². The third kappa shape index (κ3) is 3.79. The molecule has 0 aromatic rings. The maximum atomic E-state index is 9.08.